The van der Waals surface area contributed by atoms with Crippen molar-refractivity contribution in [2.45, 2.75) is 6.92 Å². The summed E-state index contributed by atoms with van der Waals surface area (Å²) in [5, 5.41) is 7.39. The summed E-state index contributed by atoms with van der Waals surface area (Å²) in [7, 11) is 1.58. The van der Waals surface area contributed by atoms with E-state index in [9.17, 15) is 4.79 Å². The summed E-state index contributed by atoms with van der Waals surface area (Å²) >= 11 is 0. The smallest absolute Gasteiger partial charge is 0.271 e. The number of nitrogens with one attached hydrogen (secondary N) is 2. The Morgan fingerprint density at radius 3 is 2.33 bits per heavy atom. The fraction of sp³-hybridized carbons (Fsp3) is 0.0909. The van der Waals surface area contributed by atoms with Crippen molar-refractivity contribution in [2.75, 3.05) is 12.4 Å². The molecule has 27 heavy (non-hydrogen) atoms. The first-order chi connectivity index (χ1) is 13.2. The van der Waals surface area contributed by atoms with Gasteiger partial charge in [0.05, 0.1) is 13.3 Å². The minimum Gasteiger partial charge on any atom is -0.497 e. The highest BCUT2D eigenvalue weighted by Crippen LogP contribution is 2.20. The predicted octanol–water partition coefficient (Wildman–Crippen LogP) is 4.51. The number of hydrazone groups is 1. The van der Waals surface area contributed by atoms with Crippen LogP contribution in [0.4, 0.5) is 11.4 Å². The van der Waals surface area contributed by atoms with E-state index in [-0.39, 0.29) is 5.91 Å². The zero-order valence-corrected chi connectivity index (χ0v) is 15.3. The van der Waals surface area contributed by atoms with Crippen LogP contribution in [0, 0.1) is 6.92 Å². The number of amides is 1. The van der Waals surface area contributed by atoms with Gasteiger partial charge in [0.2, 0.25) is 0 Å². The van der Waals surface area contributed by atoms with E-state index in [0.29, 0.717) is 11.3 Å². The summed E-state index contributed by atoms with van der Waals surface area (Å²) in [6.07, 6.45) is 1.61. The van der Waals surface area contributed by atoms with E-state index in [1.165, 1.54) is 5.56 Å². The third kappa shape index (κ3) is 4.95. The third-order valence-corrected chi connectivity index (χ3v) is 4.07. The van der Waals surface area contributed by atoms with E-state index in [1.807, 2.05) is 42.5 Å². The number of rotatable bonds is 6. The number of carbonyl (C=O) groups excluding carboxylic acids is 1. The highest BCUT2D eigenvalue weighted by molar-refractivity contribution is 5.95. The lowest BCUT2D eigenvalue weighted by Gasteiger charge is -2.09. The molecule has 0 aliphatic heterocycles. The molecule has 0 fully saturated rings. The molecule has 0 atom stereocenters. The van der Waals surface area contributed by atoms with E-state index < -0.39 is 0 Å². The Kier molecular flexibility index (Phi) is 5.84. The van der Waals surface area contributed by atoms with Gasteiger partial charge in [0.25, 0.3) is 5.91 Å². The largest absolute Gasteiger partial charge is 0.497 e. The third-order valence-electron chi connectivity index (χ3n) is 4.07. The van der Waals surface area contributed by atoms with Gasteiger partial charge >= 0.3 is 0 Å². The lowest BCUT2D eigenvalue weighted by molar-refractivity contribution is 0.0955. The Morgan fingerprint density at radius 2 is 1.67 bits per heavy atom. The average molecular weight is 359 g/mol. The molecule has 5 heteroatoms. The maximum Gasteiger partial charge on any atom is 0.271 e. The summed E-state index contributed by atoms with van der Waals surface area (Å²) in [6, 6.07) is 22.8. The normalized spacial score (nSPS) is 10.6. The second-order valence-electron chi connectivity index (χ2n) is 5.99. The summed E-state index contributed by atoms with van der Waals surface area (Å²) in [5.41, 5.74) is 7.18. The van der Waals surface area contributed by atoms with Crippen molar-refractivity contribution in [3.63, 3.8) is 0 Å². The number of ether oxygens (including phenoxy) is 1. The summed E-state index contributed by atoms with van der Waals surface area (Å²) < 4.78 is 5.08. The Morgan fingerprint density at radius 1 is 0.963 bits per heavy atom. The molecule has 3 aromatic carbocycles. The van der Waals surface area contributed by atoms with E-state index in [4.69, 9.17) is 4.74 Å². The number of hydrogen-bond donors (Lipinski definition) is 2. The molecule has 0 spiro atoms. The molecule has 0 aromatic heterocycles. The molecule has 0 radical (unpaired) electrons. The molecule has 136 valence electrons. The number of anilines is 2. The van der Waals surface area contributed by atoms with Gasteiger partial charge < -0.3 is 10.1 Å². The van der Waals surface area contributed by atoms with Crippen LogP contribution in [0.2, 0.25) is 0 Å². The zero-order chi connectivity index (χ0) is 19.1. The van der Waals surface area contributed by atoms with Crippen molar-refractivity contribution >= 4 is 23.5 Å². The van der Waals surface area contributed by atoms with Crippen LogP contribution in [0.15, 0.2) is 77.9 Å². The number of methoxy groups -OCH3 is 1. The Labute approximate surface area is 158 Å². The van der Waals surface area contributed by atoms with E-state index >= 15 is 0 Å². The maximum atomic E-state index is 12.0. The lowest BCUT2D eigenvalue weighted by atomic mass is 10.2. The van der Waals surface area contributed by atoms with Gasteiger partial charge in [-0.15, -0.1) is 0 Å². The molecule has 0 saturated carbocycles. The molecular formula is C22H21N3O2. The Balaban J connectivity index is 1.57. The van der Waals surface area contributed by atoms with Crippen LogP contribution in [0.3, 0.4) is 0 Å². The van der Waals surface area contributed by atoms with Crippen LogP contribution in [-0.4, -0.2) is 19.2 Å². The lowest BCUT2D eigenvalue weighted by Crippen LogP contribution is -2.17. The first-order valence-electron chi connectivity index (χ1n) is 8.56. The predicted molar refractivity (Wildman–Crippen MR) is 109 cm³/mol. The molecule has 3 rings (SSSR count). The molecule has 0 heterocycles. The van der Waals surface area contributed by atoms with Gasteiger partial charge in [-0.25, -0.2) is 5.43 Å². The summed E-state index contributed by atoms with van der Waals surface area (Å²) in [5.74, 6) is 0.432. The first-order valence-corrected chi connectivity index (χ1v) is 8.56. The number of hydrogen-bond acceptors (Lipinski definition) is 4. The maximum absolute atomic E-state index is 12.0. The van der Waals surface area contributed by atoms with Gasteiger partial charge in [0.1, 0.15) is 5.75 Å². The minimum absolute atomic E-state index is 0.272. The number of nitrogens with zero attached hydrogens (tertiary/aromatic N) is 1. The van der Waals surface area contributed by atoms with Crippen molar-refractivity contribution < 1.29 is 9.53 Å². The molecule has 1 amide bonds. The minimum atomic E-state index is -0.272. The topological polar surface area (TPSA) is 62.7 Å². The second-order valence-corrected chi connectivity index (χ2v) is 5.99. The number of carbonyl (C=O) groups is 1. The van der Waals surface area contributed by atoms with E-state index in [0.717, 1.165) is 16.9 Å². The van der Waals surface area contributed by atoms with Gasteiger partial charge in [-0.1, -0.05) is 30.3 Å². The van der Waals surface area contributed by atoms with Gasteiger partial charge in [0, 0.05) is 16.9 Å². The van der Waals surface area contributed by atoms with Crippen molar-refractivity contribution in [2.24, 2.45) is 5.10 Å². The molecule has 0 bridgehead atoms. The molecule has 0 aliphatic carbocycles. The zero-order valence-electron chi connectivity index (χ0n) is 15.3. The standard InChI is InChI=1S/C22H21N3O2/c1-16-5-3-4-6-21(16)24-19-11-7-17(8-12-19)15-23-25-22(26)18-9-13-20(27-2)14-10-18/h3-15,24H,1-2H3,(H,25,26)/b23-15+. The second kappa shape index (κ2) is 8.67. The highest BCUT2D eigenvalue weighted by atomic mass is 16.5. The molecule has 0 saturated heterocycles. The average Bonchev–Trinajstić information content (AvgIpc) is 2.71. The van der Waals surface area contributed by atoms with Gasteiger partial charge in [-0.3, -0.25) is 4.79 Å². The monoisotopic (exact) mass is 359 g/mol. The molecule has 3 aromatic rings. The van der Waals surface area contributed by atoms with Crippen molar-refractivity contribution in [3.05, 3.63) is 89.5 Å². The van der Waals surface area contributed by atoms with E-state index in [2.05, 4.69) is 28.8 Å². The SMILES string of the molecule is COc1ccc(C(=O)N/N=C/c2ccc(Nc3ccccc3C)cc2)cc1. The van der Waals surface area contributed by atoms with Crippen molar-refractivity contribution in [3.8, 4) is 5.75 Å². The van der Waals surface area contributed by atoms with Crippen molar-refractivity contribution in [1.82, 2.24) is 5.43 Å². The van der Waals surface area contributed by atoms with Crippen LogP contribution in [0.25, 0.3) is 0 Å². The fourth-order valence-electron chi connectivity index (χ4n) is 2.49. The van der Waals surface area contributed by atoms with E-state index in [1.54, 1.807) is 37.6 Å². The van der Waals surface area contributed by atoms with Gasteiger partial charge in [0.15, 0.2) is 0 Å². The summed E-state index contributed by atoms with van der Waals surface area (Å²) in [4.78, 5) is 12.0. The molecular weight excluding hydrogens is 338 g/mol. The molecule has 0 unspecified atom stereocenters. The van der Waals surface area contributed by atoms with Crippen LogP contribution in [0.5, 0.6) is 5.75 Å². The van der Waals surface area contributed by atoms with Gasteiger partial charge in [-0.2, -0.15) is 5.10 Å². The molecule has 5 nitrogen and oxygen atoms in total. The number of para-hydroxylation sites is 1. The Bertz CT molecular complexity index is 933. The first kappa shape index (κ1) is 18.2. The van der Waals surface area contributed by atoms with Crippen LogP contribution in [0.1, 0.15) is 21.5 Å². The van der Waals surface area contributed by atoms with Crippen LogP contribution < -0.4 is 15.5 Å². The molecule has 2 N–H and O–H groups in total. The van der Waals surface area contributed by atoms with Crippen molar-refractivity contribution in [1.29, 1.82) is 0 Å². The van der Waals surface area contributed by atoms with Gasteiger partial charge in [-0.05, 0) is 60.5 Å². The fourth-order valence-corrected chi connectivity index (χ4v) is 2.49. The number of aryl methyl sites for hydroxylation is 1. The Hall–Kier alpha value is -3.60. The highest BCUT2D eigenvalue weighted by Gasteiger charge is 2.03. The summed E-state index contributed by atoms with van der Waals surface area (Å²) in [6.45, 7) is 2.06. The quantitative estimate of drug-likeness (QED) is 0.503. The number of benzene rings is 3. The van der Waals surface area contributed by atoms with Crippen LogP contribution >= 0.6 is 0 Å². The van der Waals surface area contributed by atoms with Crippen LogP contribution in [-0.2, 0) is 0 Å². The molecule has 0 aliphatic rings.